The minimum absolute atomic E-state index is 0.174. The molecule has 6 heteroatoms. The summed E-state index contributed by atoms with van der Waals surface area (Å²) in [6.45, 7) is 3.38. The van der Waals surface area contributed by atoms with Crippen LogP contribution >= 0.6 is 0 Å². The SMILES string of the molecule is CCn1nccc1C(=O)Nc1cnn(CCc2ccccc2)c1. The maximum absolute atomic E-state index is 12.2. The predicted molar refractivity (Wildman–Crippen MR) is 88.2 cm³/mol. The van der Waals surface area contributed by atoms with Gasteiger partial charge in [0.05, 0.1) is 11.9 Å². The van der Waals surface area contributed by atoms with Crippen LogP contribution < -0.4 is 5.32 Å². The highest BCUT2D eigenvalue weighted by molar-refractivity contribution is 6.02. The van der Waals surface area contributed by atoms with Crippen LogP contribution in [0.15, 0.2) is 55.0 Å². The van der Waals surface area contributed by atoms with E-state index in [2.05, 4.69) is 27.6 Å². The van der Waals surface area contributed by atoms with Crippen molar-refractivity contribution < 1.29 is 4.79 Å². The molecule has 0 spiro atoms. The Balaban J connectivity index is 1.60. The zero-order chi connectivity index (χ0) is 16.1. The molecule has 0 unspecified atom stereocenters. The smallest absolute Gasteiger partial charge is 0.274 e. The molecule has 23 heavy (non-hydrogen) atoms. The third-order valence-corrected chi connectivity index (χ3v) is 3.61. The molecular formula is C17H19N5O. The van der Waals surface area contributed by atoms with Crippen molar-refractivity contribution in [2.75, 3.05) is 5.32 Å². The van der Waals surface area contributed by atoms with Gasteiger partial charge in [0.2, 0.25) is 0 Å². The van der Waals surface area contributed by atoms with Crippen LogP contribution in [0.1, 0.15) is 23.0 Å². The lowest BCUT2D eigenvalue weighted by Crippen LogP contribution is -2.17. The molecule has 3 aromatic rings. The number of hydrogen-bond donors (Lipinski definition) is 1. The first-order valence-electron chi connectivity index (χ1n) is 7.66. The van der Waals surface area contributed by atoms with E-state index in [1.54, 1.807) is 23.1 Å². The number of amides is 1. The quantitative estimate of drug-likeness (QED) is 0.761. The minimum Gasteiger partial charge on any atom is -0.318 e. The molecule has 0 aliphatic heterocycles. The van der Waals surface area contributed by atoms with E-state index in [0.29, 0.717) is 17.9 Å². The van der Waals surface area contributed by atoms with Crippen molar-refractivity contribution in [2.24, 2.45) is 0 Å². The van der Waals surface area contributed by atoms with Gasteiger partial charge in [-0.25, -0.2) is 0 Å². The Morgan fingerprint density at radius 3 is 2.78 bits per heavy atom. The molecule has 0 fully saturated rings. The summed E-state index contributed by atoms with van der Waals surface area (Å²) >= 11 is 0. The summed E-state index contributed by atoms with van der Waals surface area (Å²) in [5.74, 6) is -0.174. The number of hydrogen-bond acceptors (Lipinski definition) is 3. The van der Waals surface area contributed by atoms with Crippen molar-refractivity contribution in [3.63, 3.8) is 0 Å². The summed E-state index contributed by atoms with van der Waals surface area (Å²) in [5.41, 5.74) is 2.50. The van der Waals surface area contributed by atoms with E-state index in [4.69, 9.17) is 0 Å². The van der Waals surface area contributed by atoms with Crippen LogP contribution in [-0.2, 0) is 19.5 Å². The van der Waals surface area contributed by atoms with Gasteiger partial charge < -0.3 is 5.32 Å². The van der Waals surface area contributed by atoms with Gasteiger partial charge in [0, 0.05) is 25.5 Å². The van der Waals surface area contributed by atoms with Gasteiger partial charge in [-0.3, -0.25) is 14.2 Å². The van der Waals surface area contributed by atoms with Crippen LogP contribution in [-0.4, -0.2) is 25.5 Å². The monoisotopic (exact) mass is 309 g/mol. The predicted octanol–water partition coefficient (Wildman–Crippen LogP) is 2.59. The first-order chi connectivity index (χ1) is 11.3. The normalized spacial score (nSPS) is 10.7. The molecule has 2 aromatic heterocycles. The number of nitrogens with one attached hydrogen (secondary N) is 1. The fourth-order valence-corrected chi connectivity index (χ4v) is 2.41. The van der Waals surface area contributed by atoms with E-state index in [0.717, 1.165) is 13.0 Å². The minimum atomic E-state index is -0.174. The maximum atomic E-state index is 12.2. The van der Waals surface area contributed by atoms with E-state index in [9.17, 15) is 4.79 Å². The van der Waals surface area contributed by atoms with E-state index < -0.39 is 0 Å². The standard InChI is InChI=1S/C17H19N5O/c1-2-22-16(8-10-18-22)17(23)20-15-12-19-21(13-15)11-9-14-6-4-3-5-7-14/h3-8,10,12-13H,2,9,11H2,1H3,(H,20,23). The summed E-state index contributed by atoms with van der Waals surface area (Å²) in [6.07, 6.45) is 6.03. The average Bonchev–Trinajstić information content (AvgIpc) is 3.22. The molecule has 1 N–H and O–H groups in total. The highest BCUT2D eigenvalue weighted by atomic mass is 16.2. The Morgan fingerprint density at radius 1 is 1.17 bits per heavy atom. The zero-order valence-electron chi connectivity index (χ0n) is 13.0. The van der Waals surface area contributed by atoms with Crippen LogP contribution in [0, 0.1) is 0 Å². The summed E-state index contributed by atoms with van der Waals surface area (Å²) in [5, 5.41) is 11.2. The van der Waals surface area contributed by atoms with Gasteiger partial charge >= 0.3 is 0 Å². The third-order valence-electron chi connectivity index (χ3n) is 3.61. The Hall–Kier alpha value is -2.89. The number of nitrogens with zero attached hydrogens (tertiary/aromatic N) is 4. The van der Waals surface area contributed by atoms with Crippen LogP contribution in [0.5, 0.6) is 0 Å². The number of benzene rings is 1. The van der Waals surface area contributed by atoms with E-state index >= 15 is 0 Å². The molecule has 2 heterocycles. The van der Waals surface area contributed by atoms with Crippen LogP contribution in [0.2, 0.25) is 0 Å². The average molecular weight is 309 g/mol. The number of anilines is 1. The van der Waals surface area contributed by atoms with Gasteiger partial charge in [0.25, 0.3) is 5.91 Å². The lowest BCUT2D eigenvalue weighted by molar-refractivity contribution is 0.101. The van der Waals surface area contributed by atoms with Crippen molar-refractivity contribution in [3.05, 3.63) is 66.2 Å². The molecule has 0 atom stereocenters. The second kappa shape index (κ2) is 6.91. The third kappa shape index (κ3) is 3.66. The fraction of sp³-hybridized carbons (Fsp3) is 0.235. The first kappa shape index (κ1) is 15.0. The lowest BCUT2D eigenvalue weighted by Gasteiger charge is -2.04. The molecule has 118 valence electrons. The Morgan fingerprint density at radius 2 is 2.00 bits per heavy atom. The number of carbonyl (C=O) groups is 1. The molecule has 0 saturated heterocycles. The summed E-state index contributed by atoms with van der Waals surface area (Å²) in [4.78, 5) is 12.2. The molecular weight excluding hydrogens is 290 g/mol. The van der Waals surface area contributed by atoms with Crippen LogP contribution in [0.4, 0.5) is 5.69 Å². The van der Waals surface area contributed by atoms with Crippen molar-refractivity contribution in [3.8, 4) is 0 Å². The Labute approximate surface area is 134 Å². The largest absolute Gasteiger partial charge is 0.318 e. The number of carbonyl (C=O) groups excluding carboxylic acids is 1. The number of aromatic nitrogens is 4. The Bertz CT molecular complexity index is 775. The zero-order valence-corrected chi connectivity index (χ0v) is 13.0. The molecule has 6 nitrogen and oxygen atoms in total. The van der Waals surface area contributed by atoms with Crippen molar-refractivity contribution in [2.45, 2.75) is 26.4 Å². The highest BCUT2D eigenvalue weighted by Gasteiger charge is 2.12. The second-order valence-corrected chi connectivity index (χ2v) is 5.21. The van der Waals surface area contributed by atoms with Gasteiger partial charge in [-0.05, 0) is 25.0 Å². The lowest BCUT2D eigenvalue weighted by atomic mass is 10.1. The van der Waals surface area contributed by atoms with Crippen molar-refractivity contribution in [1.82, 2.24) is 19.6 Å². The molecule has 0 radical (unpaired) electrons. The van der Waals surface area contributed by atoms with Gasteiger partial charge in [-0.1, -0.05) is 30.3 Å². The van der Waals surface area contributed by atoms with E-state index in [1.807, 2.05) is 36.0 Å². The second-order valence-electron chi connectivity index (χ2n) is 5.21. The van der Waals surface area contributed by atoms with E-state index in [-0.39, 0.29) is 5.91 Å². The van der Waals surface area contributed by atoms with Crippen LogP contribution in [0.25, 0.3) is 0 Å². The maximum Gasteiger partial charge on any atom is 0.274 e. The van der Waals surface area contributed by atoms with Gasteiger partial charge in [-0.2, -0.15) is 10.2 Å². The molecule has 0 saturated carbocycles. The Kier molecular flexibility index (Phi) is 4.52. The molecule has 0 bridgehead atoms. The number of rotatable bonds is 6. The summed E-state index contributed by atoms with van der Waals surface area (Å²) in [6, 6.07) is 12.0. The molecule has 1 aromatic carbocycles. The summed E-state index contributed by atoms with van der Waals surface area (Å²) < 4.78 is 3.49. The van der Waals surface area contributed by atoms with Gasteiger partial charge in [-0.15, -0.1) is 0 Å². The summed E-state index contributed by atoms with van der Waals surface area (Å²) in [7, 11) is 0. The molecule has 1 amide bonds. The van der Waals surface area contributed by atoms with Gasteiger partial charge in [0.15, 0.2) is 0 Å². The highest BCUT2D eigenvalue weighted by Crippen LogP contribution is 2.09. The topological polar surface area (TPSA) is 64.7 Å². The molecule has 0 aliphatic rings. The first-order valence-corrected chi connectivity index (χ1v) is 7.66. The van der Waals surface area contributed by atoms with Crippen molar-refractivity contribution >= 4 is 11.6 Å². The van der Waals surface area contributed by atoms with Crippen LogP contribution in [0.3, 0.4) is 0 Å². The molecule has 3 rings (SSSR count). The molecule has 0 aliphatic carbocycles. The van der Waals surface area contributed by atoms with E-state index in [1.165, 1.54) is 5.56 Å². The van der Waals surface area contributed by atoms with Crippen molar-refractivity contribution in [1.29, 1.82) is 0 Å². The fourth-order valence-electron chi connectivity index (χ4n) is 2.41. The number of aryl methyl sites for hydroxylation is 3. The van der Waals surface area contributed by atoms with Gasteiger partial charge in [0.1, 0.15) is 5.69 Å².